The van der Waals surface area contributed by atoms with E-state index in [0.29, 0.717) is 6.10 Å². The molecule has 0 radical (unpaired) electrons. The highest BCUT2D eigenvalue weighted by atomic mass is 16.5. The third kappa shape index (κ3) is 2.51. The summed E-state index contributed by atoms with van der Waals surface area (Å²) in [5, 5.41) is 3.74. The monoisotopic (exact) mass is 238 g/mol. The molecule has 17 heavy (non-hydrogen) atoms. The molecule has 3 aliphatic rings. The fraction of sp³-hybridized carbons (Fsp3) is 1.00. The van der Waals surface area contributed by atoms with Gasteiger partial charge in [-0.25, -0.2) is 0 Å². The lowest BCUT2D eigenvalue weighted by atomic mass is 9.88. The van der Waals surface area contributed by atoms with Crippen molar-refractivity contribution in [2.75, 3.05) is 19.6 Å². The Hall–Kier alpha value is -0.120. The fourth-order valence-corrected chi connectivity index (χ4v) is 4.20. The van der Waals surface area contributed by atoms with Gasteiger partial charge >= 0.3 is 0 Å². The van der Waals surface area contributed by atoms with Gasteiger partial charge in [0.2, 0.25) is 0 Å². The standard InChI is InChI=1S/C14H26N2O/c1-10-7-16(9-14(2,3)17-10)8-11-6-12-4-5-13(11)15-12/h10-13,15H,4-9H2,1-3H3. The SMILES string of the molecule is CC1CN(CC2CC3CCC2N3)CC(C)(C)O1. The van der Waals surface area contributed by atoms with Crippen LogP contribution in [0, 0.1) is 5.92 Å². The summed E-state index contributed by atoms with van der Waals surface area (Å²) < 4.78 is 5.97. The lowest BCUT2D eigenvalue weighted by Crippen LogP contribution is -2.53. The number of rotatable bonds is 2. The molecule has 0 aliphatic carbocycles. The van der Waals surface area contributed by atoms with Crippen LogP contribution in [0.1, 0.15) is 40.0 Å². The Morgan fingerprint density at radius 3 is 2.76 bits per heavy atom. The molecule has 4 unspecified atom stereocenters. The Morgan fingerprint density at radius 2 is 2.18 bits per heavy atom. The molecule has 3 saturated heterocycles. The summed E-state index contributed by atoms with van der Waals surface area (Å²) in [6.07, 6.45) is 4.59. The molecule has 3 nitrogen and oxygen atoms in total. The zero-order chi connectivity index (χ0) is 12.0. The van der Waals surface area contributed by atoms with E-state index in [0.717, 1.165) is 31.1 Å². The van der Waals surface area contributed by atoms with Crippen molar-refractivity contribution in [1.29, 1.82) is 0 Å². The van der Waals surface area contributed by atoms with E-state index in [1.807, 2.05) is 0 Å². The average molecular weight is 238 g/mol. The third-order valence-corrected chi connectivity index (χ3v) is 4.56. The first kappa shape index (κ1) is 11.9. The van der Waals surface area contributed by atoms with Gasteiger partial charge in [0.15, 0.2) is 0 Å². The molecule has 2 bridgehead atoms. The molecule has 3 fully saturated rings. The van der Waals surface area contributed by atoms with Crippen LogP contribution in [-0.4, -0.2) is 48.3 Å². The van der Waals surface area contributed by atoms with Crippen LogP contribution in [-0.2, 0) is 4.74 Å². The number of nitrogens with one attached hydrogen (secondary N) is 1. The molecule has 0 spiro atoms. The van der Waals surface area contributed by atoms with Crippen LogP contribution in [0.3, 0.4) is 0 Å². The van der Waals surface area contributed by atoms with E-state index < -0.39 is 0 Å². The highest BCUT2D eigenvalue weighted by Gasteiger charge is 2.41. The van der Waals surface area contributed by atoms with E-state index in [1.54, 1.807) is 0 Å². The van der Waals surface area contributed by atoms with Crippen molar-refractivity contribution in [3.8, 4) is 0 Å². The Kier molecular flexibility index (Phi) is 2.96. The van der Waals surface area contributed by atoms with Gasteiger partial charge in [-0.2, -0.15) is 0 Å². The molecule has 3 rings (SSSR count). The van der Waals surface area contributed by atoms with Gasteiger partial charge in [-0.3, -0.25) is 4.90 Å². The van der Waals surface area contributed by atoms with Crippen LogP contribution in [0.15, 0.2) is 0 Å². The average Bonchev–Trinajstić information content (AvgIpc) is 2.74. The van der Waals surface area contributed by atoms with E-state index >= 15 is 0 Å². The molecule has 0 saturated carbocycles. The van der Waals surface area contributed by atoms with Gasteiger partial charge < -0.3 is 10.1 Å². The van der Waals surface area contributed by atoms with Gasteiger partial charge in [0.1, 0.15) is 0 Å². The summed E-state index contributed by atoms with van der Waals surface area (Å²) in [6.45, 7) is 10.1. The van der Waals surface area contributed by atoms with Crippen LogP contribution in [0.25, 0.3) is 0 Å². The van der Waals surface area contributed by atoms with Crippen molar-refractivity contribution in [1.82, 2.24) is 10.2 Å². The van der Waals surface area contributed by atoms with Gasteiger partial charge in [0.05, 0.1) is 11.7 Å². The van der Waals surface area contributed by atoms with Gasteiger partial charge in [-0.1, -0.05) is 0 Å². The van der Waals surface area contributed by atoms with E-state index in [-0.39, 0.29) is 5.60 Å². The molecule has 0 aromatic carbocycles. The minimum Gasteiger partial charge on any atom is -0.370 e. The zero-order valence-corrected chi connectivity index (χ0v) is 11.4. The first-order valence-corrected chi connectivity index (χ1v) is 7.18. The Bertz CT molecular complexity index is 292. The normalized spacial score (nSPS) is 45.4. The van der Waals surface area contributed by atoms with Crippen molar-refractivity contribution in [2.45, 2.75) is 63.8 Å². The second-order valence-electron chi connectivity index (χ2n) is 6.93. The van der Waals surface area contributed by atoms with Crippen molar-refractivity contribution < 1.29 is 4.74 Å². The Balaban J connectivity index is 1.58. The van der Waals surface area contributed by atoms with Gasteiger partial charge in [-0.15, -0.1) is 0 Å². The molecule has 3 aliphatic heterocycles. The van der Waals surface area contributed by atoms with Gasteiger partial charge in [-0.05, 0) is 46.0 Å². The molecule has 3 heterocycles. The summed E-state index contributed by atoms with van der Waals surface area (Å²) in [5.74, 6) is 0.884. The number of nitrogens with zero attached hydrogens (tertiary/aromatic N) is 1. The summed E-state index contributed by atoms with van der Waals surface area (Å²) in [4.78, 5) is 2.63. The Labute approximate surface area is 105 Å². The lowest BCUT2D eigenvalue weighted by molar-refractivity contribution is -0.131. The highest BCUT2D eigenvalue weighted by molar-refractivity contribution is 4.99. The number of fused-ring (bicyclic) bond motifs is 2. The lowest BCUT2D eigenvalue weighted by Gasteiger charge is -2.43. The van der Waals surface area contributed by atoms with E-state index in [9.17, 15) is 0 Å². The smallest absolute Gasteiger partial charge is 0.0757 e. The van der Waals surface area contributed by atoms with Crippen LogP contribution < -0.4 is 5.32 Å². The third-order valence-electron chi connectivity index (χ3n) is 4.56. The quantitative estimate of drug-likeness (QED) is 0.791. The predicted molar refractivity (Wildman–Crippen MR) is 69.1 cm³/mol. The van der Waals surface area contributed by atoms with Crippen LogP contribution in [0.2, 0.25) is 0 Å². The maximum Gasteiger partial charge on any atom is 0.0757 e. The van der Waals surface area contributed by atoms with E-state index in [2.05, 4.69) is 31.0 Å². The molecular weight excluding hydrogens is 212 g/mol. The highest BCUT2D eigenvalue weighted by Crippen LogP contribution is 2.34. The first-order valence-electron chi connectivity index (χ1n) is 7.18. The summed E-state index contributed by atoms with van der Waals surface area (Å²) in [6, 6.07) is 1.64. The number of morpholine rings is 1. The number of ether oxygens (including phenoxy) is 1. The molecule has 3 heteroatoms. The van der Waals surface area contributed by atoms with Crippen molar-refractivity contribution in [2.24, 2.45) is 5.92 Å². The predicted octanol–water partition coefficient (Wildman–Crippen LogP) is 1.63. The molecule has 4 atom stereocenters. The molecule has 0 aromatic rings. The van der Waals surface area contributed by atoms with Crippen molar-refractivity contribution in [3.05, 3.63) is 0 Å². The van der Waals surface area contributed by atoms with Gasteiger partial charge in [0, 0.05) is 31.7 Å². The Morgan fingerprint density at radius 1 is 1.35 bits per heavy atom. The fourth-order valence-electron chi connectivity index (χ4n) is 4.20. The molecule has 0 amide bonds. The summed E-state index contributed by atoms with van der Waals surface area (Å²) in [7, 11) is 0. The largest absolute Gasteiger partial charge is 0.370 e. The number of hydrogen-bond donors (Lipinski definition) is 1. The number of hydrogen-bond acceptors (Lipinski definition) is 3. The molecule has 1 N–H and O–H groups in total. The van der Waals surface area contributed by atoms with Crippen LogP contribution in [0.4, 0.5) is 0 Å². The molecule has 98 valence electrons. The zero-order valence-electron chi connectivity index (χ0n) is 11.4. The van der Waals surface area contributed by atoms with E-state index in [4.69, 9.17) is 4.74 Å². The molecular formula is C14H26N2O. The van der Waals surface area contributed by atoms with Crippen molar-refractivity contribution >= 4 is 0 Å². The maximum atomic E-state index is 5.97. The van der Waals surface area contributed by atoms with Crippen LogP contribution >= 0.6 is 0 Å². The van der Waals surface area contributed by atoms with Gasteiger partial charge in [0.25, 0.3) is 0 Å². The topological polar surface area (TPSA) is 24.5 Å². The van der Waals surface area contributed by atoms with Crippen LogP contribution in [0.5, 0.6) is 0 Å². The minimum atomic E-state index is 0.0305. The second kappa shape index (κ2) is 4.22. The minimum absolute atomic E-state index is 0.0305. The summed E-state index contributed by atoms with van der Waals surface area (Å²) in [5.41, 5.74) is 0.0305. The van der Waals surface area contributed by atoms with Crippen molar-refractivity contribution in [3.63, 3.8) is 0 Å². The second-order valence-corrected chi connectivity index (χ2v) is 6.93. The summed E-state index contributed by atoms with van der Waals surface area (Å²) >= 11 is 0. The molecule has 0 aromatic heterocycles. The van der Waals surface area contributed by atoms with E-state index in [1.165, 1.54) is 25.8 Å². The maximum absolute atomic E-state index is 5.97. The first-order chi connectivity index (χ1) is 8.02.